The maximum atomic E-state index is 9.47. The lowest BCUT2D eigenvalue weighted by atomic mass is 10.0. The molecular formula is C18H21NO2. The van der Waals surface area contributed by atoms with Gasteiger partial charge in [-0.15, -0.1) is 0 Å². The second-order valence-corrected chi connectivity index (χ2v) is 5.68. The highest BCUT2D eigenvalue weighted by molar-refractivity contribution is 5.44. The molecular weight excluding hydrogens is 262 g/mol. The lowest BCUT2D eigenvalue weighted by Gasteiger charge is -2.18. The molecule has 1 aliphatic rings. The normalized spacial score (nSPS) is 18.0. The van der Waals surface area contributed by atoms with Gasteiger partial charge in [-0.05, 0) is 37.5 Å². The fourth-order valence-electron chi connectivity index (χ4n) is 2.79. The van der Waals surface area contributed by atoms with Crippen molar-refractivity contribution in [2.75, 3.05) is 6.61 Å². The molecule has 3 heteroatoms. The van der Waals surface area contributed by atoms with Gasteiger partial charge in [0.25, 0.3) is 0 Å². The summed E-state index contributed by atoms with van der Waals surface area (Å²) in [7, 11) is 0. The zero-order chi connectivity index (χ0) is 14.7. The molecule has 0 saturated carbocycles. The van der Waals surface area contributed by atoms with Crippen LogP contribution in [0.5, 0.6) is 11.5 Å². The maximum Gasteiger partial charge on any atom is 0.127 e. The van der Waals surface area contributed by atoms with Crippen LogP contribution in [0.15, 0.2) is 48.5 Å². The third-order valence-electron chi connectivity index (χ3n) is 3.97. The van der Waals surface area contributed by atoms with E-state index in [0.29, 0.717) is 12.6 Å². The van der Waals surface area contributed by atoms with Crippen LogP contribution in [-0.2, 0) is 6.42 Å². The predicted molar refractivity (Wildman–Crippen MR) is 83.7 cm³/mol. The third-order valence-corrected chi connectivity index (χ3v) is 3.97. The molecule has 21 heavy (non-hydrogen) atoms. The lowest BCUT2D eigenvalue weighted by molar-refractivity contribution is 0.296. The van der Waals surface area contributed by atoms with Crippen LogP contribution in [-0.4, -0.2) is 17.8 Å². The number of nitrogens with one attached hydrogen (secondary N) is 1. The zero-order valence-corrected chi connectivity index (χ0v) is 12.3. The Balaban J connectivity index is 1.56. The molecule has 1 heterocycles. The standard InChI is InChI=1S/C18H21NO2/c1-13(7-8-14-5-3-2-4-6-14)19-17-12-21-18-11-15(20)9-10-16(17)18/h2-6,9-11,13,17,19-20H,7-8,12H2,1H3. The first-order valence-electron chi connectivity index (χ1n) is 7.48. The van der Waals surface area contributed by atoms with Crippen LogP contribution in [0.1, 0.15) is 30.5 Å². The van der Waals surface area contributed by atoms with Gasteiger partial charge in [-0.1, -0.05) is 30.3 Å². The zero-order valence-electron chi connectivity index (χ0n) is 12.3. The molecule has 2 aromatic rings. The summed E-state index contributed by atoms with van der Waals surface area (Å²) in [6, 6.07) is 16.5. The van der Waals surface area contributed by atoms with E-state index < -0.39 is 0 Å². The summed E-state index contributed by atoms with van der Waals surface area (Å²) in [6.45, 7) is 2.84. The van der Waals surface area contributed by atoms with Crippen LogP contribution in [0.4, 0.5) is 0 Å². The van der Waals surface area contributed by atoms with Crippen LogP contribution in [0.25, 0.3) is 0 Å². The molecule has 0 aromatic heterocycles. The number of ether oxygens (including phenoxy) is 1. The number of benzene rings is 2. The quantitative estimate of drug-likeness (QED) is 0.883. The molecule has 0 saturated heterocycles. The first kappa shape index (κ1) is 14.0. The van der Waals surface area contributed by atoms with Crippen LogP contribution >= 0.6 is 0 Å². The second kappa shape index (κ2) is 6.19. The first-order valence-corrected chi connectivity index (χ1v) is 7.48. The fourth-order valence-corrected chi connectivity index (χ4v) is 2.79. The summed E-state index contributed by atoms with van der Waals surface area (Å²) >= 11 is 0. The van der Waals surface area contributed by atoms with E-state index in [0.717, 1.165) is 24.2 Å². The van der Waals surface area contributed by atoms with E-state index in [2.05, 4.69) is 36.5 Å². The average Bonchev–Trinajstić information content (AvgIpc) is 2.88. The number of fused-ring (bicyclic) bond motifs is 1. The van der Waals surface area contributed by atoms with Crippen molar-refractivity contribution in [1.82, 2.24) is 5.32 Å². The van der Waals surface area contributed by atoms with Crippen molar-refractivity contribution >= 4 is 0 Å². The van der Waals surface area contributed by atoms with Gasteiger partial charge < -0.3 is 15.2 Å². The van der Waals surface area contributed by atoms with Gasteiger partial charge in [0.15, 0.2) is 0 Å². The van der Waals surface area contributed by atoms with Gasteiger partial charge >= 0.3 is 0 Å². The van der Waals surface area contributed by atoms with Crippen molar-refractivity contribution in [2.45, 2.75) is 31.8 Å². The molecule has 0 aliphatic carbocycles. The smallest absolute Gasteiger partial charge is 0.127 e. The molecule has 2 N–H and O–H groups in total. The summed E-state index contributed by atoms with van der Waals surface area (Å²) in [5, 5.41) is 13.1. The SMILES string of the molecule is CC(CCc1ccccc1)NC1COc2cc(O)ccc21. The minimum absolute atomic E-state index is 0.214. The molecule has 0 fully saturated rings. The van der Waals surface area contributed by atoms with E-state index in [1.54, 1.807) is 12.1 Å². The highest BCUT2D eigenvalue weighted by Crippen LogP contribution is 2.35. The van der Waals surface area contributed by atoms with Gasteiger partial charge in [-0.25, -0.2) is 0 Å². The van der Waals surface area contributed by atoms with Crippen molar-refractivity contribution in [1.29, 1.82) is 0 Å². The third kappa shape index (κ3) is 3.37. The van der Waals surface area contributed by atoms with Crippen molar-refractivity contribution in [3.05, 3.63) is 59.7 Å². The van der Waals surface area contributed by atoms with Gasteiger partial charge in [-0.3, -0.25) is 0 Å². The number of hydrogen-bond donors (Lipinski definition) is 2. The van der Waals surface area contributed by atoms with Gasteiger partial charge in [-0.2, -0.15) is 0 Å². The molecule has 0 amide bonds. The Labute approximate surface area is 125 Å². The fraction of sp³-hybridized carbons (Fsp3) is 0.333. The van der Waals surface area contributed by atoms with E-state index in [1.807, 2.05) is 12.1 Å². The highest BCUT2D eigenvalue weighted by Gasteiger charge is 2.25. The number of aryl methyl sites for hydroxylation is 1. The van der Waals surface area contributed by atoms with Crippen LogP contribution in [0, 0.1) is 0 Å². The Morgan fingerprint density at radius 3 is 2.86 bits per heavy atom. The van der Waals surface area contributed by atoms with Gasteiger partial charge in [0.05, 0.1) is 6.04 Å². The van der Waals surface area contributed by atoms with Crippen LogP contribution < -0.4 is 10.1 Å². The largest absolute Gasteiger partial charge is 0.508 e. The molecule has 0 spiro atoms. The summed E-state index contributed by atoms with van der Waals surface area (Å²) in [4.78, 5) is 0. The predicted octanol–water partition coefficient (Wildman–Crippen LogP) is 3.44. The van der Waals surface area contributed by atoms with Gasteiger partial charge in [0.1, 0.15) is 18.1 Å². The Kier molecular flexibility index (Phi) is 4.11. The molecule has 0 radical (unpaired) electrons. The van der Waals surface area contributed by atoms with Crippen molar-refractivity contribution in [3.63, 3.8) is 0 Å². The van der Waals surface area contributed by atoms with E-state index in [1.165, 1.54) is 5.56 Å². The molecule has 2 unspecified atom stereocenters. The maximum absolute atomic E-state index is 9.47. The molecule has 3 nitrogen and oxygen atoms in total. The first-order chi connectivity index (χ1) is 10.2. The van der Waals surface area contributed by atoms with Crippen molar-refractivity contribution in [2.24, 2.45) is 0 Å². The molecule has 3 rings (SSSR count). The summed E-state index contributed by atoms with van der Waals surface area (Å²) in [6.07, 6.45) is 2.17. The highest BCUT2D eigenvalue weighted by atomic mass is 16.5. The minimum Gasteiger partial charge on any atom is -0.508 e. The summed E-state index contributed by atoms with van der Waals surface area (Å²) in [5.41, 5.74) is 2.51. The Hall–Kier alpha value is -2.00. The van der Waals surface area contributed by atoms with E-state index in [4.69, 9.17) is 4.74 Å². The average molecular weight is 283 g/mol. The number of hydrogen-bond acceptors (Lipinski definition) is 3. The Morgan fingerprint density at radius 1 is 1.24 bits per heavy atom. The number of aromatic hydroxyl groups is 1. The molecule has 2 atom stereocenters. The monoisotopic (exact) mass is 283 g/mol. The summed E-state index contributed by atoms with van der Waals surface area (Å²) < 4.78 is 5.63. The van der Waals surface area contributed by atoms with Gasteiger partial charge in [0, 0.05) is 17.7 Å². The Bertz CT molecular complexity index is 597. The minimum atomic E-state index is 0.214. The molecule has 1 aliphatic heterocycles. The number of rotatable bonds is 5. The number of phenolic OH excluding ortho intramolecular Hbond substituents is 1. The van der Waals surface area contributed by atoms with E-state index in [-0.39, 0.29) is 11.8 Å². The summed E-state index contributed by atoms with van der Waals surface area (Å²) in [5.74, 6) is 1.05. The lowest BCUT2D eigenvalue weighted by Crippen LogP contribution is -2.31. The van der Waals surface area contributed by atoms with Gasteiger partial charge in [0.2, 0.25) is 0 Å². The Morgan fingerprint density at radius 2 is 2.05 bits per heavy atom. The van der Waals surface area contributed by atoms with Crippen LogP contribution in [0.2, 0.25) is 0 Å². The number of phenols is 1. The molecule has 110 valence electrons. The van der Waals surface area contributed by atoms with Crippen molar-refractivity contribution in [3.8, 4) is 11.5 Å². The van der Waals surface area contributed by atoms with E-state index >= 15 is 0 Å². The van der Waals surface area contributed by atoms with Crippen molar-refractivity contribution < 1.29 is 9.84 Å². The molecule has 0 bridgehead atoms. The van der Waals surface area contributed by atoms with E-state index in [9.17, 15) is 5.11 Å². The van der Waals surface area contributed by atoms with Crippen LogP contribution in [0.3, 0.4) is 0 Å². The second-order valence-electron chi connectivity index (χ2n) is 5.68. The topological polar surface area (TPSA) is 41.5 Å². The molecule has 2 aromatic carbocycles.